The third-order valence-corrected chi connectivity index (χ3v) is 5.24. The van der Waals surface area contributed by atoms with E-state index in [-0.39, 0.29) is 0 Å². The van der Waals surface area contributed by atoms with E-state index in [1.165, 1.54) is 0 Å². The van der Waals surface area contributed by atoms with Gasteiger partial charge in [-0.1, -0.05) is 54.7 Å². The largest absolute Gasteiger partial charge is 0.456 e. The van der Waals surface area contributed by atoms with Crippen molar-refractivity contribution in [2.24, 2.45) is 0 Å². The van der Waals surface area contributed by atoms with Crippen molar-refractivity contribution in [2.75, 3.05) is 15.2 Å². The number of rotatable bonds is 18. The fourth-order valence-corrected chi connectivity index (χ4v) is 2.55. The summed E-state index contributed by atoms with van der Waals surface area (Å²) < 4.78 is 13.5. The van der Waals surface area contributed by atoms with E-state index in [1.54, 1.807) is 0 Å². The van der Waals surface area contributed by atoms with Gasteiger partial charge in [-0.3, -0.25) is 0 Å². The molecule has 0 aliphatic rings. The second-order valence-electron chi connectivity index (χ2n) is 10.8. The van der Waals surface area contributed by atoms with Gasteiger partial charge in [0.25, 0.3) is 17.8 Å². The summed E-state index contributed by atoms with van der Waals surface area (Å²) in [7, 11) is 0. The average Bonchev–Trinajstić information content (AvgIpc) is 3.02. The Kier molecular flexibility index (Phi) is 14.6. The standard InChI is InChI=1S/C30H36N6O18/c1-13(2)19(37)49-28(43,44)34(52-22(40)16(7)8)25-31-26(35(53-23(41)17(9)10)29(45,46)50-20(38)14(3)4)33-27(32-25)36(54-24(42)18(11)12)30(47,48)51-21(39)15(5)6/h43-48H,1,3,5,7,9,11H2,2,4,6,8,10,12H3. The summed E-state index contributed by atoms with van der Waals surface area (Å²) in [5, 5.41) is 63.5. The molecule has 0 fully saturated rings. The Bertz CT molecular complexity index is 1600. The summed E-state index contributed by atoms with van der Waals surface area (Å²) in [6, 6.07) is 0. The van der Waals surface area contributed by atoms with Gasteiger partial charge in [-0.2, -0.15) is 15.0 Å². The van der Waals surface area contributed by atoms with Gasteiger partial charge < -0.3 is 59.4 Å². The maximum atomic E-state index is 12.7. The molecule has 1 rings (SSSR count). The van der Waals surface area contributed by atoms with Gasteiger partial charge in [-0.05, 0) is 41.5 Å². The van der Waals surface area contributed by atoms with Gasteiger partial charge in [-0.15, -0.1) is 0 Å². The van der Waals surface area contributed by atoms with E-state index >= 15 is 0 Å². The summed E-state index contributed by atoms with van der Waals surface area (Å²) in [5.74, 6) is -14.4. The van der Waals surface area contributed by atoms with E-state index in [4.69, 9.17) is 14.5 Å². The molecule has 0 saturated heterocycles. The molecule has 0 unspecified atom stereocenters. The highest BCUT2D eigenvalue weighted by atomic mass is 16.9. The molecule has 0 bridgehead atoms. The lowest BCUT2D eigenvalue weighted by atomic mass is 10.4. The van der Waals surface area contributed by atoms with Gasteiger partial charge in [0.05, 0.1) is 0 Å². The Morgan fingerprint density at radius 1 is 0.407 bits per heavy atom. The highest BCUT2D eigenvalue weighted by molar-refractivity contribution is 5.90. The molecule has 0 spiro atoms. The van der Waals surface area contributed by atoms with E-state index < -0.39 is 121 Å². The highest BCUT2D eigenvalue weighted by Crippen LogP contribution is 2.31. The van der Waals surface area contributed by atoms with Gasteiger partial charge in [0.15, 0.2) is 0 Å². The van der Waals surface area contributed by atoms with Gasteiger partial charge in [0, 0.05) is 33.4 Å². The number of aliphatic hydroxyl groups is 6. The molecular weight excluding hydrogens is 732 g/mol. The molecule has 0 aliphatic heterocycles. The number of anilines is 3. The van der Waals surface area contributed by atoms with Crippen LogP contribution in [0, 0.1) is 0 Å². The van der Waals surface area contributed by atoms with Crippen molar-refractivity contribution in [2.45, 2.75) is 59.8 Å². The Hall–Kier alpha value is -6.57. The van der Waals surface area contributed by atoms with Crippen molar-refractivity contribution in [1.29, 1.82) is 0 Å². The summed E-state index contributed by atoms with van der Waals surface area (Å²) in [6.07, 6.45) is -12.7. The normalized spacial score (nSPS) is 11.1. The van der Waals surface area contributed by atoms with Gasteiger partial charge in [-0.25, -0.2) is 28.8 Å². The first-order valence-corrected chi connectivity index (χ1v) is 14.3. The lowest BCUT2D eigenvalue weighted by Gasteiger charge is -2.35. The van der Waals surface area contributed by atoms with Crippen LogP contribution in [-0.2, 0) is 57.5 Å². The van der Waals surface area contributed by atoms with Crippen LogP contribution in [0.1, 0.15) is 41.5 Å². The van der Waals surface area contributed by atoms with Crippen LogP contribution in [0.3, 0.4) is 0 Å². The van der Waals surface area contributed by atoms with Crippen LogP contribution < -0.4 is 15.2 Å². The number of hydrogen-bond acceptors (Lipinski definition) is 24. The Morgan fingerprint density at radius 2 is 0.574 bits per heavy atom. The number of hydroxylamine groups is 3. The van der Waals surface area contributed by atoms with Crippen LogP contribution in [0.5, 0.6) is 0 Å². The molecule has 0 aromatic carbocycles. The van der Waals surface area contributed by atoms with Crippen molar-refractivity contribution in [3.05, 3.63) is 72.9 Å². The monoisotopic (exact) mass is 768 g/mol. The maximum absolute atomic E-state index is 12.7. The molecule has 6 N–H and O–H groups in total. The highest BCUT2D eigenvalue weighted by Gasteiger charge is 2.50. The first-order chi connectivity index (χ1) is 24.4. The molecule has 0 amide bonds. The summed E-state index contributed by atoms with van der Waals surface area (Å²) >= 11 is 0. The number of esters is 3. The molecule has 54 heavy (non-hydrogen) atoms. The SMILES string of the molecule is C=C(C)C(=O)ON(c1nc(N(OC(=O)C(=C)C)C(O)(O)OC(=O)C(=C)C)nc(N(OC(=O)C(=C)C)C(O)(O)OC(=O)C(=C)C)n1)C(O)(O)OC(=O)C(=C)C. The molecule has 0 radical (unpaired) electrons. The molecule has 0 saturated carbocycles. The maximum Gasteiger partial charge on any atom is 0.456 e. The molecule has 0 aliphatic carbocycles. The van der Waals surface area contributed by atoms with Crippen molar-refractivity contribution in [1.82, 2.24) is 15.0 Å². The molecule has 294 valence electrons. The fraction of sp³-hybridized carbons (Fsp3) is 0.300. The van der Waals surface area contributed by atoms with Crippen molar-refractivity contribution in [3.8, 4) is 0 Å². The zero-order valence-corrected chi connectivity index (χ0v) is 29.5. The third-order valence-electron chi connectivity index (χ3n) is 5.24. The van der Waals surface area contributed by atoms with E-state index in [1.807, 2.05) is 0 Å². The second kappa shape index (κ2) is 17.3. The minimum absolute atomic E-state index is 0.490. The number of hydrogen-bond donors (Lipinski definition) is 6. The minimum atomic E-state index is -4.24. The van der Waals surface area contributed by atoms with Crippen LogP contribution in [0.25, 0.3) is 0 Å². The third kappa shape index (κ3) is 12.0. The smallest absolute Gasteiger partial charge is 0.384 e. The molecule has 1 aromatic heterocycles. The first kappa shape index (κ1) is 45.5. The van der Waals surface area contributed by atoms with E-state index in [0.29, 0.717) is 0 Å². The molecular formula is C30H36N6O18. The molecule has 0 atom stereocenters. The first-order valence-electron chi connectivity index (χ1n) is 14.3. The van der Waals surface area contributed by atoms with Crippen LogP contribution in [0.4, 0.5) is 17.8 Å². The van der Waals surface area contributed by atoms with Crippen LogP contribution >= 0.6 is 0 Å². The number of nitrogens with zero attached hydrogens (tertiary/aromatic N) is 6. The predicted molar refractivity (Wildman–Crippen MR) is 174 cm³/mol. The van der Waals surface area contributed by atoms with Crippen molar-refractivity contribution >= 4 is 53.7 Å². The fourth-order valence-electron chi connectivity index (χ4n) is 2.55. The van der Waals surface area contributed by atoms with Crippen LogP contribution in [-0.4, -0.2) is 99.7 Å². The quantitative estimate of drug-likeness (QED) is 0.0327. The molecule has 1 aromatic rings. The lowest BCUT2D eigenvalue weighted by Crippen LogP contribution is -2.57. The summed E-state index contributed by atoms with van der Waals surface area (Å²) in [6.45, 7) is 25.7. The lowest BCUT2D eigenvalue weighted by molar-refractivity contribution is -0.343. The topological polar surface area (TPSA) is 328 Å². The Balaban J connectivity index is 4.59. The molecule has 24 nitrogen and oxygen atoms in total. The van der Waals surface area contributed by atoms with Crippen molar-refractivity contribution < 1.29 is 88.1 Å². The number of ether oxygens (including phenoxy) is 3. The van der Waals surface area contributed by atoms with E-state index in [9.17, 15) is 59.4 Å². The Labute approximate surface area is 304 Å². The summed E-state index contributed by atoms with van der Waals surface area (Å²) in [5.41, 5.74) is -2.97. The molecule has 24 heteroatoms. The zero-order chi connectivity index (χ0) is 42.3. The van der Waals surface area contributed by atoms with Gasteiger partial charge >= 0.3 is 54.1 Å². The van der Waals surface area contributed by atoms with Crippen molar-refractivity contribution in [3.63, 3.8) is 0 Å². The van der Waals surface area contributed by atoms with Crippen LogP contribution in [0.15, 0.2) is 72.9 Å². The van der Waals surface area contributed by atoms with Gasteiger partial charge in [0.1, 0.15) is 0 Å². The summed E-state index contributed by atoms with van der Waals surface area (Å²) in [4.78, 5) is 100. The number of carbonyl (C=O) groups excluding carboxylic acids is 6. The predicted octanol–water partition coefficient (Wildman–Crippen LogP) is -1.46. The number of aromatic nitrogens is 3. The second-order valence-corrected chi connectivity index (χ2v) is 10.8. The average molecular weight is 769 g/mol. The van der Waals surface area contributed by atoms with Crippen LogP contribution in [0.2, 0.25) is 0 Å². The number of carbonyl (C=O) groups is 6. The molecule has 1 heterocycles. The van der Waals surface area contributed by atoms with Gasteiger partial charge in [0.2, 0.25) is 0 Å². The van der Waals surface area contributed by atoms with E-state index in [0.717, 1.165) is 41.5 Å². The minimum Gasteiger partial charge on any atom is -0.384 e. The zero-order valence-electron chi connectivity index (χ0n) is 29.5. The Morgan fingerprint density at radius 3 is 0.722 bits per heavy atom. The van der Waals surface area contributed by atoms with E-state index in [2.05, 4.69) is 68.6 Å².